The van der Waals surface area contributed by atoms with Crippen molar-refractivity contribution in [2.24, 2.45) is 5.92 Å². The zero-order chi connectivity index (χ0) is 14.7. The molecule has 0 aromatic carbocycles. The standard InChI is InChI=1S/C14H19Cl2N3O/c1-9(2)19-4-3-10(8-19)6-18-14(20)11-5-12(15)13(16)17-7-11/h5,7,9-10H,3-4,6,8H2,1-2H3,(H,18,20). The summed E-state index contributed by atoms with van der Waals surface area (Å²) in [5.74, 6) is 0.358. The smallest absolute Gasteiger partial charge is 0.252 e. The predicted molar refractivity (Wildman–Crippen MR) is 81.4 cm³/mol. The van der Waals surface area contributed by atoms with E-state index in [1.54, 1.807) is 6.07 Å². The first-order chi connectivity index (χ1) is 9.47. The molecular formula is C14H19Cl2N3O. The molecule has 1 fully saturated rings. The van der Waals surface area contributed by atoms with Gasteiger partial charge in [0.2, 0.25) is 0 Å². The molecule has 0 bridgehead atoms. The second-order valence-corrected chi connectivity index (χ2v) is 6.22. The van der Waals surface area contributed by atoms with Gasteiger partial charge in [-0.25, -0.2) is 4.98 Å². The van der Waals surface area contributed by atoms with E-state index >= 15 is 0 Å². The number of nitrogens with one attached hydrogen (secondary N) is 1. The third-order valence-electron chi connectivity index (χ3n) is 3.66. The Balaban J connectivity index is 1.85. The molecule has 0 spiro atoms. The molecule has 1 aromatic heterocycles. The van der Waals surface area contributed by atoms with Crippen LogP contribution in [-0.2, 0) is 0 Å². The van der Waals surface area contributed by atoms with Gasteiger partial charge in [0, 0.05) is 25.3 Å². The van der Waals surface area contributed by atoms with Crippen LogP contribution in [-0.4, -0.2) is 41.5 Å². The van der Waals surface area contributed by atoms with Crippen LogP contribution < -0.4 is 5.32 Å². The van der Waals surface area contributed by atoms with Crippen molar-refractivity contribution < 1.29 is 4.79 Å². The molecule has 1 saturated heterocycles. The summed E-state index contributed by atoms with van der Waals surface area (Å²) in [5.41, 5.74) is 0.443. The minimum absolute atomic E-state index is 0.154. The van der Waals surface area contributed by atoms with Crippen LogP contribution in [0.1, 0.15) is 30.6 Å². The lowest BCUT2D eigenvalue weighted by atomic mass is 10.1. The second kappa shape index (κ2) is 6.74. The van der Waals surface area contributed by atoms with E-state index in [0.29, 0.717) is 29.1 Å². The van der Waals surface area contributed by atoms with Crippen molar-refractivity contribution in [3.8, 4) is 0 Å². The van der Waals surface area contributed by atoms with Crippen molar-refractivity contribution in [2.75, 3.05) is 19.6 Å². The fourth-order valence-corrected chi connectivity index (χ4v) is 2.65. The van der Waals surface area contributed by atoms with E-state index in [-0.39, 0.29) is 11.1 Å². The molecule has 6 heteroatoms. The first kappa shape index (κ1) is 15.5. The Morgan fingerprint density at radius 2 is 2.30 bits per heavy atom. The number of rotatable bonds is 4. The number of carbonyl (C=O) groups is 1. The molecule has 1 atom stereocenters. The van der Waals surface area contributed by atoms with Gasteiger partial charge in [0.05, 0.1) is 10.6 Å². The number of pyridine rings is 1. The third-order valence-corrected chi connectivity index (χ3v) is 4.34. The molecule has 4 nitrogen and oxygen atoms in total. The lowest BCUT2D eigenvalue weighted by molar-refractivity contribution is 0.0947. The average molecular weight is 316 g/mol. The number of nitrogens with zero attached hydrogens (tertiary/aromatic N) is 2. The summed E-state index contributed by atoms with van der Waals surface area (Å²) in [7, 11) is 0. The maximum atomic E-state index is 12.0. The highest BCUT2D eigenvalue weighted by Crippen LogP contribution is 2.20. The Bertz CT molecular complexity index is 493. The van der Waals surface area contributed by atoms with Crippen molar-refractivity contribution in [3.05, 3.63) is 28.0 Å². The summed E-state index contributed by atoms with van der Waals surface area (Å²) >= 11 is 11.6. The lowest BCUT2D eigenvalue weighted by Crippen LogP contribution is -2.33. The Hall–Kier alpha value is -0.840. The average Bonchev–Trinajstić information content (AvgIpc) is 2.88. The van der Waals surface area contributed by atoms with Crippen LogP contribution in [0.3, 0.4) is 0 Å². The number of aromatic nitrogens is 1. The summed E-state index contributed by atoms with van der Waals surface area (Å²) < 4.78 is 0. The van der Waals surface area contributed by atoms with E-state index in [1.807, 2.05) is 0 Å². The van der Waals surface area contributed by atoms with Crippen molar-refractivity contribution in [2.45, 2.75) is 26.3 Å². The molecular weight excluding hydrogens is 297 g/mol. The Morgan fingerprint density at radius 3 is 2.90 bits per heavy atom. The summed E-state index contributed by atoms with van der Waals surface area (Å²) in [6.07, 6.45) is 2.57. The van der Waals surface area contributed by atoms with Crippen LogP contribution in [0, 0.1) is 5.92 Å². The third kappa shape index (κ3) is 3.84. The van der Waals surface area contributed by atoms with Crippen molar-refractivity contribution in [3.63, 3.8) is 0 Å². The lowest BCUT2D eigenvalue weighted by Gasteiger charge is -2.20. The maximum Gasteiger partial charge on any atom is 0.252 e. The number of likely N-dealkylation sites (tertiary alicyclic amines) is 1. The molecule has 2 rings (SSSR count). The van der Waals surface area contributed by atoms with E-state index in [1.165, 1.54) is 6.20 Å². The van der Waals surface area contributed by atoms with Crippen molar-refractivity contribution >= 4 is 29.1 Å². The zero-order valence-corrected chi connectivity index (χ0v) is 13.2. The van der Waals surface area contributed by atoms with Gasteiger partial charge in [-0.3, -0.25) is 4.79 Å². The number of hydrogen-bond acceptors (Lipinski definition) is 3. The maximum absolute atomic E-state index is 12.0. The van der Waals surface area contributed by atoms with Crippen molar-refractivity contribution in [1.82, 2.24) is 15.2 Å². The topological polar surface area (TPSA) is 45.2 Å². The first-order valence-electron chi connectivity index (χ1n) is 6.80. The molecule has 1 amide bonds. The molecule has 2 heterocycles. The van der Waals surface area contributed by atoms with Crippen LogP contribution >= 0.6 is 23.2 Å². The summed E-state index contributed by atoms with van der Waals surface area (Å²) in [5, 5.41) is 3.45. The molecule has 1 aromatic rings. The molecule has 1 N–H and O–H groups in total. The molecule has 1 aliphatic rings. The van der Waals surface area contributed by atoms with Gasteiger partial charge in [0.25, 0.3) is 5.91 Å². The van der Waals surface area contributed by atoms with E-state index in [2.05, 4.69) is 29.0 Å². The molecule has 0 saturated carbocycles. The highest BCUT2D eigenvalue weighted by Gasteiger charge is 2.24. The van der Waals surface area contributed by atoms with Crippen LogP contribution in [0.15, 0.2) is 12.3 Å². The van der Waals surface area contributed by atoms with Gasteiger partial charge in [-0.2, -0.15) is 0 Å². The van der Waals surface area contributed by atoms with Crippen LogP contribution in [0.4, 0.5) is 0 Å². The largest absolute Gasteiger partial charge is 0.352 e. The number of hydrogen-bond donors (Lipinski definition) is 1. The SMILES string of the molecule is CC(C)N1CCC(CNC(=O)c2cnc(Cl)c(Cl)c2)C1. The molecule has 1 unspecified atom stereocenters. The molecule has 20 heavy (non-hydrogen) atoms. The van der Waals surface area contributed by atoms with Gasteiger partial charge in [-0.05, 0) is 38.8 Å². The predicted octanol–water partition coefficient (Wildman–Crippen LogP) is 2.85. The normalized spacial score (nSPS) is 19.6. The molecule has 0 radical (unpaired) electrons. The molecule has 1 aliphatic heterocycles. The number of carbonyl (C=O) groups excluding carboxylic acids is 1. The van der Waals surface area contributed by atoms with E-state index in [4.69, 9.17) is 23.2 Å². The van der Waals surface area contributed by atoms with Crippen LogP contribution in [0.2, 0.25) is 10.2 Å². The highest BCUT2D eigenvalue weighted by atomic mass is 35.5. The molecule has 0 aliphatic carbocycles. The summed E-state index contributed by atoms with van der Waals surface area (Å²) in [6, 6.07) is 2.11. The van der Waals surface area contributed by atoms with Gasteiger partial charge in [0.15, 0.2) is 0 Å². The second-order valence-electron chi connectivity index (χ2n) is 5.45. The van der Waals surface area contributed by atoms with E-state index < -0.39 is 0 Å². The quantitative estimate of drug-likeness (QED) is 0.869. The highest BCUT2D eigenvalue weighted by molar-refractivity contribution is 6.41. The minimum Gasteiger partial charge on any atom is -0.352 e. The fraction of sp³-hybridized carbons (Fsp3) is 0.571. The Morgan fingerprint density at radius 1 is 1.55 bits per heavy atom. The summed E-state index contributed by atoms with van der Waals surface area (Å²) in [4.78, 5) is 18.3. The Labute approximate surface area is 129 Å². The van der Waals surface area contributed by atoms with Crippen molar-refractivity contribution in [1.29, 1.82) is 0 Å². The number of amides is 1. The van der Waals surface area contributed by atoms with Gasteiger partial charge in [-0.1, -0.05) is 23.2 Å². The molecule has 110 valence electrons. The Kier molecular flexibility index (Phi) is 5.24. The van der Waals surface area contributed by atoms with Gasteiger partial charge >= 0.3 is 0 Å². The fourth-order valence-electron chi connectivity index (χ4n) is 2.38. The van der Waals surface area contributed by atoms with Gasteiger partial charge < -0.3 is 10.2 Å². The monoisotopic (exact) mass is 315 g/mol. The van der Waals surface area contributed by atoms with Gasteiger partial charge in [-0.15, -0.1) is 0 Å². The zero-order valence-electron chi connectivity index (χ0n) is 11.7. The first-order valence-corrected chi connectivity index (χ1v) is 7.56. The van der Waals surface area contributed by atoms with Crippen LogP contribution in [0.25, 0.3) is 0 Å². The van der Waals surface area contributed by atoms with E-state index in [0.717, 1.165) is 19.5 Å². The van der Waals surface area contributed by atoms with Gasteiger partial charge in [0.1, 0.15) is 5.15 Å². The minimum atomic E-state index is -0.154. The number of halogens is 2. The van der Waals surface area contributed by atoms with E-state index in [9.17, 15) is 4.79 Å². The summed E-state index contributed by atoms with van der Waals surface area (Å²) in [6.45, 7) is 7.22. The van der Waals surface area contributed by atoms with Crippen LogP contribution in [0.5, 0.6) is 0 Å².